The first-order chi connectivity index (χ1) is 7.75. The van der Waals surface area contributed by atoms with Crippen molar-refractivity contribution in [3.63, 3.8) is 0 Å². The van der Waals surface area contributed by atoms with E-state index in [-0.39, 0.29) is 0 Å². The molecule has 2 bridgehead atoms. The van der Waals surface area contributed by atoms with Crippen molar-refractivity contribution in [3.05, 3.63) is 0 Å². The number of ether oxygens (including phenoxy) is 1. The van der Waals surface area contributed by atoms with Gasteiger partial charge in [-0.3, -0.25) is 0 Å². The number of rotatable bonds is 3. The Bertz CT molecular complexity index is 250. The number of nitrogens with one attached hydrogen (secondary N) is 2. The number of hydrogen-bond donors (Lipinski definition) is 2. The topological polar surface area (TPSA) is 33.3 Å². The van der Waals surface area contributed by atoms with Gasteiger partial charge >= 0.3 is 0 Å². The van der Waals surface area contributed by atoms with Crippen LogP contribution in [0.2, 0.25) is 0 Å². The monoisotopic (exact) mass is 224 g/mol. The average Bonchev–Trinajstić information content (AvgIpc) is 2.89. The van der Waals surface area contributed by atoms with Gasteiger partial charge in [-0.05, 0) is 44.9 Å². The molecule has 3 nitrogen and oxygen atoms in total. The molecule has 3 unspecified atom stereocenters. The molecule has 0 spiro atoms. The fraction of sp³-hybridized carbons (Fsp3) is 1.00. The van der Waals surface area contributed by atoms with Gasteiger partial charge < -0.3 is 15.4 Å². The summed E-state index contributed by atoms with van der Waals surface area (Å²) in [7, 11) is 0. The first kappa shape index (κ1) is 11.0. The lowest BCUT2D eigenvalue weighted by Crippen LogP contribution is -2.49. The molecule has 3 heterocycles. The molecule has 0 radical (unpaired) electrons. The van der Waals surface area contributed by atoms with Gasteiger partial charge in [-0.1, -0.05) is 0 Å². The minimum atomic E-state index is 0.333. The summed E-state index contributed by atoms with van der Waals surface area (Å²) in [6.45, 7) is 5.41. The molecular weight excluding hydrogens is 200 g/mol. The highest BCUT2D eigenvalue weighted by Gasteiger charge is 2.39. The minimum Gasteiger partial charge on any atom is -0.381 e. The van der Waals surface area contributed by atoms with E-state index in [4.69, 9.17) is 4.74 Å². The first-order valence-electron chi connectivity index (χ1n) is 6.84. The number of hydrogen-bond acceptors (Lipinski definition) is 3. The Morgan fingerprint density at radius 1 is 1.31 bits per heavy atom. The second-order valence-corrected chi connectivity index (χ2v) is 6.10. The van der Waals surface area contributed by atoms with Crippen molar-refractivity contribution in [1.29, 1.82) is 0 Å². The summed E-state index contributed by atoms with van der Waals surface area (Å²) in [5.74, 6) is 0.874. The van der Waals surface area contributed by atoms with Gasteiger partial charge in [0.2, 0.25) is 0 Å². The summed E-state index contributed by atoms with van der Waals surface area (Å²) in [4.78, 5) is 0. The van der Waals surface area contributed by atoms with Gasteiger partial charge in [-0.15, -0.1) is 0 Å². The zero-order valence-corrected chi connectivity index (χ0v) is 10.3. The third kappa shape index (κ3) is 2.13. The highest BCUT2D eigenvalue weighted by Crippen LogP contribution is 2.33. The Morgan fingerprint density at radius 2 is 2.12 bits per heavy atom. The summed E-state index contributed by atoms with van der Waals surface area (Å²) in [5.41, 5.74) is 0.333. The molecule has 3 fully saturated rings. The van der Waals surface area contributed by atoms with E-state index in [1.54, 1.807) is 0 Å². The van der Waals surface area contributed by atoms with Crippen LogP contribution in [0.3, 0.4) is 0 Å². The third-order valence-corrected chi connectivity index (χ3v) is 4.82. The zero-order chi connectivity index (χ0) is 11.0. The third-order valence-electron chi connectivity index (χ3n) is 4.82. The van der Waals surface area contributed by atoms with Crippen LogP contribution >= 0.6 is 0 Å². The highest BCUT2D eigenvalue weighted by molar-refractivity contribution is 4.99. The van der Waals surface area contributed by atoms with Crippen molar-refractivity contribution in [2.24, 2.45) is 5.92 Å². The van der Waals surface area contributed by atoms with Crippen molar-refractivity contribution < 1.29 is 4.74 Å². The van der Waals surface area contributed by atoms with Gasteiger partial charge in [0.15, 0.2) is 0 Å². The van der Waals surface area contributed by atoms with Crippen LogP contribution in [0.15, 0.2) is 0 Å². The summed E-state index contributed by atoms with van der Waals surface area (Å²) in [5, 5.41) is 7.52. The molecule has 3 aliphatic rings. The van der Waals surface area contributed by atoms with Crippen LogP contribution < -0.4 is 10.6 Å². The van der Waals surface area contributed by atoms with Crippen molar-refractivity contribution in [3.8, 4) is 0 Å². The van der Waals surface area contributed by atoms with E-state index in [2.05, 4.69) is 17.6 Å². The molecule has 0 amide bonds. The lowest BCUT2D eigenvalue weighted by molar-refractivity contribution is 0.0433. The van der Waals surface area contributed by atoms with Gasteiger partial charge in [-0.25, -0.2) is 0 Å². The van der Waals surface area contributed by atoms with Gasteiger partial charge in [0.1, 0.15) is 0 Å². The van der Waals surface area contributed by atoms with E-state index < -0.39 is 0 Å². The quantitative estimate of drug-likeness (QED) is 0.758. The standard InChI is InChI=1S/C13H24N2O/c1-13(4-6-16-7-5-13)14-9-10-8-11-2-3-12(10)15-11/h10-12,14-15H,2-9H2,1H3. The van der Waals surface area contributed by atoms with E-state index in [1.165, 1.54) is 38.6 Å². The van der Waals surface area contributed by atoms with Gasteiger partial charge in [0.25, 0.3) is 0 Å². The summed E-state index contributed by atoms with van der Waals surface area (Å²) < 4.78 is 5.43. The molecule has 0 aromatic heterocycles. The maximum atomic E-state index is 5.43. The summed E-state index contributed by atoms with van der Waals surface area (Å²) in [6, 6.07) is 1.64. The molecule has 3 saturated heterocycles. The fourth-order valence-corrected chi connectivity index (χ4v) is 3.54. The summed E-state index contributed by atoms with van der Waals surface area (Å²) >= 11 is 0. The highest BCUT2D eigenvalue weighted by atomic mass is 16.5. The lowest BCUT2D eigenvalue weighted by atomic mass is 9.87. The average molecular weight is 224 g/mol. The first-order valence-corrected chi connectivity index (χ1v) is 6.84. The van der Waals surface area contributed by atoms with Gasteiger partial charge in [-0.2, -0.15) is 0 Å². The van der Waals surface area contributed by atoms with Crippen LogP contribution in [-0.2, 0) is 4.74 Å². The SMILES string of the molecule is CC1(NCC2CC3CCC2N3)CCOCC1. The Morgan fingerprint density at radius 3 is 2.75 bits per heavy atom. The molecule has 0 aliphatic carbocycles. The Balaban J connectivity index is 1.49. The fourth-order valence-electron chi connectivity index (χ4n) is 3.54. The minimum absolute atomic E-state index is 0.333. The zero-order valence-electron chi connectivity index (χ0n) is 10.3. The van der Waals surface area contributed by atoms with Crippen LogP contribution in [0.5, 0.6) is 0 Å². The molecule has 3 aliphatic heterocycles. The summed E-state index contributed by atoms with van der Waals surface area (Å²) in [6.07, 6.45) is 6.54. The second-order valence-electron chi connectivity index (χ2n) is 6.10. The molecule has 0 aromatic carbocycles. The van der Waals surface area contributed by atoms with Crippen LogP contribution in [0, 0.1) is 5.92 Å². The smallest absolute Gasteiger partial charge is 0.0483 e. The second kappa shape index (κ2) is 4.28. The van der Waals surface area contributed by atoms with Crippen LogP contribution in [0.1, 0.15) is 39.0 Å². The van der Waals surface area contributed by atoms with E-state index in [0.29, 0.717) is 5.54 Å². The number of fused-ring (bicyclic) bond motifs is 2. The molecule has 0 aromatic rings. The Labute approximate surface area is 98.3 Å². The molecular formula is C13H24N2O. The van der Waals surface area contributed by atoms with Crippen LogP contribution in [0.25, 0.3) is 0 Å². The predicted octanol–water partition coefficient (Wildman–Crippen LogP) is 1.29. The molecule has 3 atom stereocenters. The van der Waals surface area contributed by atoms with E-state index in [1.807, 2.05) is 0 Å². The maximum absolute atomic E-state index is 5.43. The largest absolute Gasteiger partial charge is 0.381 e. The molecule has 92 valence electrons. The molecule has 3 heteroatoms. The van der Waals surface area contributed by atoms with Crippen molar-refractivity contribution in [2.45, 2.75) is 56.7 Å². The predicted molar refractivity (Wildman–Crippen MR) is 64.5 cm³/mol. The Hall–Kier alpha value is -0.120. The van der Waals surface area contributed by atoms with E-state index in [9.17, 15) is 0 Å². The van der Waals surface area contributed by atoms with Gasteiger partial charge in [0, 0.05) is 37.4 Å². The molecule has 0 saturated carbocycles. The molecule has 2 N–H and O–H groups in total. The van der Waals surface area contributed by atoms with Crippen molar-refractivity contribution in [1.82, 2.24) is 10.6 Å². The van der Waals surface area contributed by atoms with Crippen molar-refractivity contribution >= 4 is 0 Å². The maximum Gasteiger partial charge on any atom is 0.0483 e. The lowest BCUT2D eigenvalue weighted by Gasteiger charge is -2.36. The van der Waals surface area contributed by atoms with Gasteiger partial charge in [0.05, 0.1) is 0 Å². The van der Waals surface area contributed by atoms with E-state index in [0.717, 1.165) is 31.2 Å². The van der Waals surface area contributed by atoms with Crippen LogP contribution in [0.4, 0.5) is 0 Å². The van der Waals surface area contributed by atoms with Crippen molar-refractivity contribution in [2.75, 3.05) is 19.8 Å². The molecule has 16 heavy (non-hydrogen) atoms. The van der Waals surface area contributed by atoms with Crippen LogP contribution in [-0.4, -0.2) is 37.4 Å². The van der Waals surface area contributed by atoms with E-state index >= 15 is 0 Å². The molecule has 3 rings (SSSR count). The normalized spacial score (nSPS) is 41.4. The Kier molecular flexibility index (Phi) is 2.94.